The van der Waals surface area contributed by atoms with Crippen LogP contribution in [0.4, 0.5) is 0 Å². The third-order valence-corrected chi connectivity index (χ3v) is 4.38. The summed E-state index contributed by atoms with van der Waals surface area (Å²) in [5.74, 6) is 0. The quantitative estimate of drug-likeness (QED) is 0.881. The minimum Gasteiger partial charge on any atom is -0.315 e. The van der Waals surface area contributed by atoms with Gasteiger partial charge < -0.3 is 5.32 Å². The van der Waals surface area contributed by atoms with Crippen LogP contribution in [0, 0.1) is 5.41 Å². The Balaban J connectivity index is 2.03. The average Bonchev–Trinajstić information content (AvgIpc) is 2.81. The molecule has 18 heavy (non-hydrogen) atoms. The predicted molar refractivity (Wildman–Crippen MR) is 74.3 cm³/mol. The number of hydrogen-bond donors (Lipinski definition) is 1. The van der Waals surface area contributed by atoms with E-state index >= 15 is 0 Å². The molecule has 1 aromatic heterocycles. The summed E-state index contributed by atoms with van der Waals surface area (Å²) in [4.78, 5) is 2.47. The molecule has 102 valence electrons. The van der Waals surface area contributed by atoms with Crippen LogP contribution in [0.3, 0.4) is 0 Å². The van der Waals surface area contributed by atoms with Gasteiger partial charge in [0.1, 0.15) is 0 Å². The molecule has 0 amide bonds. The van der Waals surface area contributed by atoms with Crippen LogP contribution in [0.15, 0.2) is 12.4 Å². The van der Waals surface area contributed by atoms with Crippen LogP contribution in [-0.2, 0) is 13.6 Å². The van der Waals surface area contributed by atoms with E-state index in [1.54, 1.807) is 0 Å². The van der Waals surface area contributed by atoms with Gasteiger partial charge in [-0.3, -0.25) is 9.58 Å². The molecule has 1 fully saturated rings. The second kappa shape index (κ2) is 5.02. The summed E-state index contributed by atoms with van der Waals surface area (Å²) in [5, 5.41) is 7.75. The predicted octanol–water partition coefficient (Wildman–Crippen LogP) is 1.63. The Morgan fingerprint density at radius 3 is 2.83 bits per heavy atom. The van der Waals surface area contributed by atoms with Gasteiger partial charge in [-0.1, -0.05) is 13.8 Å². The highest BCUT2D eigenvalue weighted by molar-refractivity contribution is 5.06. The highest BCUT2D eigenvalue weighted by atomic mass is 15.2. The molecule has 1 heterocycles. The lowest BCUT2D eigenvalue weighted by Crippen LogP contribution is -2.49. The van der Waals surface area contributed by atoms with Crippen LogP contribution in [0.5, 0.6) is 0 Å². The van der Waals surface area contributed by atoms with Gasteiger partial charge in [-0.25, -0.2) is 0 Å². The largest absolute Gasteiger partial charge is 0.315 e. The molecule has 0 spiro atoms. The van der Waals surface area contributed by atoms with Gasteiger partial charge >= 0.3 is 0 Å². The average molecular weight is 250 g/mol. The first kappa shape index (κ1) is 13.6. The van der Waals surface area contributed by atoms with E-state index in [9.17, 15) is 0 Å². The van der Waals surface area contributed by atoms with E-state index in [0.29, 0.717) is 17.5 Å². The molecule has 1 aliphatic rings. The van der Waals surface area contributed by atoms with E-state index in [4.69, 9.17) is 0 Å². The fraction of sp³-hybridized carbons (Fsp3) is 0.786. The van der Waals surface area contributed by atoms with E-state index in [1.807, 2.05) is 17.9 Å². The minimum absolute atomic E-state index is 0.391. The van der Waals surface area contributed by atoms with Gasteiger partial charge in [-0.2, -0.15) is 5.10 Å². The monoisotopic (exact) mass is 250 g/mol. The first-order valence-corrected chi connectivity index (χ1v) is 6.79. The number of nitrogens with zero attached hydrogens (tertiary/aromatic N) is 3. The van der Waals surface area contributed by atoms with Crippen LogP contribution in [-0.4, -0.2) is 40.9 Å². The molecule has 1 aromatic rings. The maximum atomic E-state index is 4.24. The standard InChI is InChI=1S/C14H26N4/c1-14(2)7-6-12(13(14)15-3)17(4)9-11-8-16-18(5)10-11/h8,10,12-13,15H,6-7,9H2,1-5H3. The zero-order chi connectivity index (χ0) is 13.3. The van der Waals surface area contributed by atoms with Gasteiger partial charge in [-0.15, -0.1) is 0 Å². The Morgan fingerprint density at radius 1 is 1.56 bits per heavy atom. The molecule has 1 N–H and O–H groups in total. The van der Waals surface area contributed by atoms with Crippen molar-refractivity contribution in [1.82, 2.24) is 20.0 Å². The number of hydrogen-bond acceptors (Lipinski definition) is 3. The molecule has 1 saturated carbocycles. The molecular formula is C14H26N4. The molecule has 4 heteroatoms. The molecule has 0 saturated heterocycles. The molecule has 1 aliphatic carbocycles. The number of aromatic nitrogens is 2. The number of nitrogens with one attached hydrogen (secondary N) is 1. The summed E-state index contributed by atoms with van der Waals surface area (Å²) >= 11 is 0. The Bertz CT molecular complexity index is 396. The van der Waals surface area contributed by atoms with Gasteiger partial charge in [-0.05, 0) is 32.4 Å². The number of likely N-dealkylation sites (N-methyl/N-ethyl adjacent to an activating group) is 2. The van der Waals surface area contributed by atoms with Crippen LogP contribution in [0.1, 0.15) is 32.3 Å². The van der Waals surface area contributed by atoms with Gasteiger partial charge in [0.15, 0.2) is 0 Å². The minimum atomic E-state index is 0.391. The summed E-state index contributed by atoms with van der Waals surface area (Å²) in [6.45, 7) is 5.71. The first-order valence-electron chi connectivity index (χ1n) is 6.79. The van der Waals surface area contributed by atoms with Gasteiger partial charge in [0, 0.05) is 37.4 Å². The number of aryl methyl sites for hydroxylation is 1. The third kappa shape index (κ3) is 2.59. The van der Waals surface area contributed by atoms with Crippen LogP contribution >= 0.6 is 0 Å². The van der Waals surface area contributed by atoms with E-state index in [0.717, 1.165) is 6.54 Å². The highest BCUT2D eigenvalue weighted by Gasteiger charge is 2.42. The van der Waals surface area contributed by atoms with E-state index < -0.39 is 0 Å². The normalized spacial score (nSPS) is 27.0. The van der Waals surface area contributed by atoms with Crippen LogP contribution in [0.2, 0.25) is 0 Å². The highest BCUT2D eigenvalue weighted by Crippen LogP contribution is 2.39. The van der Waals surface area contributed by atoms with Crippen LogP contribution < -0.4 is 5.32 Å². The molecular weight excluding hydrogens is 224 g/mol. The smallest absolute Gasteiger partial charge is 0.0534 e. The molecule has 0 aliphatic heterocycles. The summed E-state index contributed by atoms with van der Waals surface area (Å²) < 4.78 is 1.87. The summed E-state index contributed by atoms with van der Waals surface area (Å²) in [6, 6.07) is 1.18. The Morgan fingerprint density at radius 2 is 2.28 bits per heavy atom. The van der Waals surface area contributed by atoms with Crippen molar-refractivity contribution in [3.8, 4) is 0 Å². The molecule has 0 bridgehead atoms. The lowest BCUT2D eigenvalue weighted by Gasteiger charge is -2.35. The Kier molecular flexibility index (Phi) is 3.78. The lowest BCUT2D eigenvalue weighted by atomic mass is 9.86. The summed E-state index contributed by atoms with van der Waals surface area (Å²) in [7, 11) is 6.28. The van der Waals surface area contributed by atoms with E-state index in [-0.39, 0.29) is 0 Å². The third-order valence-electron chi connectivity index (χ3n) is 4.38. The number of rotatable bonds is 4. The molecule has 4 nitrogen and oxygen atoms in total. The summed E-state index contributed by atoms with van der Waals surface area (Å²) in [5.41, 5.74) is 1.68. The van der Waals surface area contributed by atoms with Crippen molar-refractivity contribution in [2.24, 2.45) is 12.5 Å². The molecule has 0 aromatic carbocycles. The van der Waals surface area contributed by atoms with Gasteiger partial charge in [0.05, 0.1) is 6.20 Å². The fourth-order valence-corrected chi connectivity index (χ4v) is 3.38. The maximum absolute atomic E-state index is 4.24. The maximum Gasteiger partial charge on any atom is 0.0534 e. The van der Waals surface area contributed by atoms with Crippen molar-refractivity contribution in [1.29, 1.82) is 0 Å². The first-order chi connectivity index (χ1) is 8.44. The van der Waals surface area contributed by atoms with Crippen molar-refractivity contribution in [2.45, 2.75) is 45.3 Å². The molecule has 2 unspecified atom stereocenters. The Labute approximate surface area is 110 Å². The van der Waals surface area contributed by atoms with Crippen molar-refractivity contribution in [2.75, 3.05) is 14.1 Å². The molecule has 2 atom stereocenters. The fourth-order valence-electron chi connectivity index (χ4n) is 3.38. The topological polar surface area (TPSA) is 33.1 Å². The van der Waals surface area contributed by atoms with Crippen molar-refractivity contribution < 1.29 is 0 Å². The molecule has 0 radical (unpaired) electrons. The van der Waals surface area contributed by atoms with Gasteiger partial charge in [0.25, 0.3) is 0 Å². The van der Waals surface area contributed by atoms with Crippen molar-refractivity contribution in [3.63, 3.8) is 0 Å². The van der Waals surface area contributed by atoms with Crippen molar-refractivity contribution in [3.05, 3.63) is 18.0 Å². The lowest BCUT2D eigenvalue weighted by molar-refractivity contribution is 0.171. The molecule has 2 rings (SSSR count). The van der Waals surface area contributed by atoms with Crippen LogP contribution in [0.25, 0.3) is 0 Å². The Hall–Kier alpha value is -0.870. The second-order valence-electron chi connectivity index (χ2n) is 6.30. The second-order valence-corrected chi connectivity index (χ2v) is 6.30. The van der Waals surface area contributed by atoms with E-state index in [1.165, 1.54) is 18.4 Å². The SMILES string of the molecule is CNC1C(N(C)Cc2cnn(C)c2)CCC1(C)C. The zero-order valence-corrected chi connectivity index (χ0v) is 12.3. The zero-order valence-electron chi connectivity index (χ0n) is 12.3. The summed E-state index contributed by atoms with van der Waals surface area (Å²) in [6.07, 6.45) is 6.63. The van der Waals surface area contributed by atoms with Gasteiger partial charge in [0.2, 0.25) is 0 Å². The van der Waals surface area contributed by atoms with E-state index in [2.05, 4.69) is 49.5 Å². The van der Waals surface area contributed by atoms with Crippen molar-refractivity contribution >= 4 is 0 Å².